The molecule has 2 heterocycles. The molecule has 1 saturated heterocycles. The number of ether oxygens (including phenoxy) is 1. The lowest BCUT2D eigenvalue weighted by atomic mass is 10.1. The van der Waals surface area contributed by atoms with Gasteiger partial charge in [-0.3, -0.25) is 9.69 Å². The van der Waals surface area contributed by atoms with Gasteiger partial charge in [0.25, 0.3) is 5.91 Å². The zero-order valence-electron chi connectivity index (χ0n) is 16.8. The number of nitrogens with zero attached hydrogens (tertiary/aromatic N) is 2. The van der Waals surface area contributed by atoms with E-state index in [-0.39, 0.29) is 42.9 Å². The molecule has 29 heavy (non-hydrogen) atoms. The third-order valence-corrected chi connectivity index (χ3v) is 5.43. The Hall–Kier alpha value is -1.22. The van der Waals surface area contributed by atoms with Crippen molar-refractivity contribution in [2.75, 3.05) is 19.6 Å². The molecule has 2 unspecified atom stereocenters. The van der Waals surface area contributed by atoms with Gasteiger partial charge in [0.15, 0.2) is 0 Å². The maximum absolute atomic E-state index is 12.2. The van der Waals surface area contributed by atoms with Crippen LogP contribution in [0, 0.1) is 0 Å². The average molecular weight is 461 g/mol. The first-order chi connectivity index (χ1) is 13.0. The molecule has 1 aromatic heterocycles. The molecule has 0 bridgehead atoms. The summed E-state index contributed by atoms with van der Waals surface area (Å²) < 4.78 is 5.79. The lowest BCUT2D eigenvalue weighted by Gasteiger charge is -2.35. The second-order valence-electron chi connectivity index (χ2n) is 7.12. The van der Waals surface area contributed by atoms with Gasteiger partial charge in [-0.15, -0.1) is 36.2 Å². The minimum Gasteiger partial charge on any atom is -0.373 e. The number of carbonyl (C=O) groups excluding carboxylic acids is 1. The second-order valence-corrected chi connectivity index (χ2v) is 8.06. The predicted octanol–water partition coefficient (Wildman–Crippen LogP) is 3.03. The van der Waals surface area contributed by atoms with Crippen LogP contribution in [0.25, 0.3) is 0 Å². The molecule has 2 atom stereocenters. The fraction of sp³-hybridized carbons (Fsp3) is 0.500. The van der Waals surface area contributed by atoms with E-state index in [1.807, 2.05) is 0 Å². The number of morpholine rings is 1. The number of halogens is 2. The monoisotopic (exact) mass is 460 g/mol. The normalized spacial score (nSPS) is 19.1. The highest BCUT2D eigenvalue weighted by Crippen LogP contribution is 2.15. The van der Waals surface area contributed by atoms with Crippen LogP contribution in [-0.4, -0.2) is 47.6 Å². The third kappa shape index (κ3) is 7.85. The molecule has 3 rings (SSSR count). The molecule has 1 amide bonds. The van der Waals surface area contributed by atoms with E-state index in [1.165, 1.54) is 16.9 Å². The summed E-state index contributed by atoms with van der Waals surface area (Å²) in [5.74, 6) is -0.144. The summed E-state index contributed by atoms with van der Waals surface area (Å²) >= 11 is 1.48. The molecule has 3 N–H and O–H groups in total. The summed E-state index contributed by atoms with van der Waals surface area (Å²) in [7, 11) is 0. The number of hydrogen-bond donors (Lipinski definition) is 2. The molecule has 0 saturated carbocycles. The van der Waals surface area contributed by atoms with Gasteiger partial charge in [-0.2, -0.15) is 0 Å². The first kappa shape index (κ1) is 25.8. The predicted molar refractivity (Wildman–Crippen MR) is 122 cm³/mol. The molecule has 1 fully saturated rings. The standard InChI is InChI=1S/C20H28N4O2S.2ClH/c1-14-10-24(11-15(2)26-14)12-17-5-3-16(4-6-17)9-22-20(25)18-13-27-19(23-18)7-8-21;;/h3-6,13-15H,7-12,21H2,1-2H3,(H,22,25);2*1H. The highest BCUT2D eigenvalue weighted by Gasteiger charge is 2.21. The van der Waals surface area contributed by atoms with Crippen LogP contribution in [0.3, 0.4) is 0 Å². The molecule has 1 aromatic carbocycles. The lowest BCUT2D eigenvalue weighted by molar-refractivity contribution is -0.0704. The number of benzene rings is 1. The van der Waals surface area contributed by atoms with Crippen LogP contribution in [0.4, 0.5) is 0 Å². The SMILES string of the molecule is CC1CN(Cc2ccc(CNC(=O)c3csc(CCN)n3)cc2)CC(C)O1.Cl.Cl. The number of hydrogen-bond acceptors (Lipinski definition) is 6. The number of carbonyl (C=O) groups is 1. The van der Waals surface area contributed by atoms with Gasteiger partial charge in [-0.05, 0) is 31.5 Å². The van der Waals surface area contributed by atoms with Gasteiger partial charge in [0.05, 0.1) is 17.2 Å². The lowest BCUT2D eigenvalue weighted by Crippen LogP contribution is -2.44. The van der Waals surface area contributed by atoms with Gasteiger partial charge in [-0.1, -0.05) is 24.3 Å². The van der Waals surface area contributed by atoms with E-state index in [1.54, 1.807) is 5.38 Å². The largest absolute Gasteiger partial charge is 0.373 e. The number of nitrogens with two attached hydrogens (primary N) is 1. The zero-order valence-corrected chi connectivity index (χ0v) is 19.2. The van der Waals surface area contributed by atoms with Crippen molar-refractivity contribution in [3.63, 3.8) is 0 Å². The summed E-state index contributed by atoms with van der Waals surface area (Å²) in [6.45, 7) is 8.13. The van der Waals surface area contributed by atoms with Crippen LogP contribution >= 0.6 is 36.2 Å². The van der Waals surface area contributed by atoms with Crippen LogP contribution in [-0.2, 0) is 24.2 Å². The van der Waals surface area contributed by atoms with Gasteiger partial charge >= 0.3 is 0 Å². The first-order valence-corrected chi connectivity index (χ1v) is 10.3. The van der Waals surface area contributed by atoms with Crippen molar-refractivity contribution in [2.45, 2.75) is 45.6 Å². The number of thiazole rings is 1. The summed E-state index contributed by atoms with van der Waals surface area (Å²) in [4.78, 5) is 19.0. The van der Waals surface area contributed by atoms with Gasteiger partial charge in [0.1, 0.15) is 5.69 Å². The van der Waals surface area contributed by atoms with Gasteiger partial charge in [-0.25, -0.2) is 4.98 Å². The molecule has 9 heteroatoms. The fourth-order valence-electron chi connectivity index (χ4n) is 3.36. The molecular weight excluding hydrogens is 431 g/mol. The van der Waals surface area contributed by atoms with Gasteiger partial charge < -0.3 is 15.8 Å². The molecule has 1 aliphatic rings. The summed E-state index contributed by atoms with van der Waals surface area (Å²) in [5, 5.41) is 5.62. The molecule has 1 aliphatic heterocycles. The van der Waals surface area contributed by atoms with E-state index < -0.39 is 0 Å². The molecule has 0 radical (unpaired) electrons. The Morgan fingerprint density at radius 3 is 2.45 bits per heavy atom. The van der Waals surface area contributed by atoms with Crippen LogP contribution in [0.15, 0.2) is 29.6 Å². The van der Waals surface area contributed by atoms with E-state index in [4.69, 9.17) is 10.5 Å². The van der Waals surface area contributed by atoms with Crippen molar-refractivity contribution in [3.05, 3.63) is 51.5 Å². The Bertz CT molecular complexity index is 747. The quantitative estimate of drug-likeness (QED) is 0.663. The Morgan fingerprint density at radius 1 is 1.21 bits per heavy atom. The average Bonchev–Trinajstić information content (AvgIpc) is 3.09. The van der Waals surface area contributed by atoms with E-state index in [9.17, 15) is 4.79 Å². The zero-order chi connectivity index (χ0) is 19.2. The van der Waals surface area contributed by atoms with Crippen molar-refractivity contribution < 1.29 is 9.53 Å². The number of nitrogens with one attached hydrogen (secondary N) is 1. The van der Waals surface area contributed by atoms with Crippen molar-refractivity contribution in [2.24, 2.45) is 5.73 Å². The van der Waals surface area contributed by atoms with Crippen LogP contribution < -0.4 is 11.1 Å². The summed E-state index contributed by atoms with van der Waals surface area (Å²) in [5.41, 5.74) is 8.34. The van der Waals surface area contributed by atoms with Crippen molar-refractivity contribution >= 4 is 42.1 Å². The fourth-order valence-corrected chi connectivity index (χ4v) is 4.15. The summed E-state index contributed by atoms with van der Waals surface area (Å²) in [6.07, 6.45) is 1.26. The Morgan fingerprint density at radius 2 is 1.83 bits per heavy atom. The van der Waals surface area contributed by atoms with E-state index in [0.29, 0.717) is 25.2 Å². The smallest absolute Gasteiger partial charge is 0.271 e. The molecule has 162 valence electrons. The third-order valence-electron chi connectivity index (χ3n) is 4.52. The van der Waals surface area contributed by atoms with E-state index in [2.05, 4.69) is 53.3 Å². The maximum atomic E-state index is 12.2. The number of aromatic nitrogens is 1. The van der Waals surface area contributed by atoms with Gasteiger partial charge in [0, 0.05) is 38.0 Å². The highest BCUT2D eigenvalue weighted by molar-refractivity contribution is 7.09. The highest BCUT2D eigenvalue weighted by atomic mass is 35.5. The van der Waals surface area contributed by atoms with E-state index in [0.717, 1.165) is 30.2 Å². The molecule has 0 aliphatic carbocycles. The molecule has 6 nitrogen and oxygen atoms in total. The van der Waals surface area contributed by atoms with Crippen LogP contribution in [0.5, 0.6) is 0 Å². The van der Waals surface area contributed by atoms with Crippen LogP contribution in [0.1, 0.15) is 40.5 Å². The molecule has 0 spiro atoms. The minimum atomic E-state index is -0.144. The topological polar surface area (TPSA) is 80.5 Å². The summed E-state index contributed by atoms with van der Waals surface area (Å²) in [6, 6.07) is 8.41. The van der Waals surface area contributed by atoms with Crippen LogP contribution in [0.2, 0.25) is 0 Å². The number of amides is 1. The maximum Gasteiger partial charge on any atom is 0.271 e. The first-order valence-electron chi connectivity index (χ1n) is 9.41. The molecular formula is C20H30Cl2N4O2S. The Balaban J connectivity index is 0.00000210. The van der Waals surface area contributed by atoms with Crippen molar-refractivity contribution in [1.82, 2.24) is 15.2 Å². The second kappa shape index (κ2) is 12.5. The van der Waals surface area contributed by atoms with Crippen molar-refractivity contribution in [3.8, 4) is 0 Å². The van der Waals surface area contributed by atoms with Crippen molar-refractivity contribution in [1.29, 1.82) is 0 Å². The molecule has 2 aromatic rings. The van der Waals surface area contributed by atoms with Gasteiger partial charge in [0.2, 0.25) is 0 Å². The Labute approximate surface area is 189 Å². The van der Waals surface area contributed by atoms with E-state index >= 15 is 0 Å². The Kier molecular flexibility index (Phi) is 11.1. The minimum absolute atomic E-state index is 0. The number of rotatable bonds is 7.